The second-order valence-electron chi connectivity index (χ2n) is 5.93. The van der Waals surface area contributed by atoms with Crippen LogP contribution in [-0.2, 0) is 9.47 Å². The average molecular weight is 291 g/mol. The normalized spacial score (nSPS) is 18.2. The van der Waals surface area contributed by atoms with Crippen LogP contribution in [0.3, 0.4) is 0 Å². The number of rotatable bonds is 2. The molecular formula is C15H21N3O3. The molecule has 1 aliphatic rings. The number of hydrogen-bond acceptors (Lipinski definition) is 5. The van der Waals surface area contributed by atoms with E-state index in [9.17, 15) is 4.79 Å². The van der Waals surface area contributed by atoms with Crippen LogP contribution in [-0.4, -0.2) is 36.8 Å². The maximum Gasteiger partial charge on any atom is 0.410 e. The van der Waals surface area contributed by atoms with Crippen molar-refractivity contribution in [2.45, 2.75) is 39.2 Å². The van der Waals surface area contributed by atoms with Crippen LogP contribution in [0.15, 0.2) is 11.3 Å². The number of piperidine rings is 1. The largest absolute Gasteiger partial charge is 0.499 e. The van der Waals surface area contributed by atoms with Gasteiger partial charge in [-0.3, -0.25) is 0 Å². The number of carbonyl (C=O) groups excluding carboxylic acids is 1. The summed E-state index contributed by atoms with van der Waals surface area (Å²) < 4.78 is 10.6. The van der Waals surface area contributed by atoms with Crippen LogP contribution in [0.25, 0.3) is 0 Å². The van der Waals surface area contributed by atoms with Gasteiger partial charge in [-0.2, -0.15) is 10.5 Å². The molecule has 0 saturated carbocycles. The van der Waals surface area contributed by atoms with Crippen molar-refractivity contribution in [1.82, 2.24) is 4.90 Å². The third-order valence-electron chi connectivity index (χ3n) is 3.13. The molecule has 0 spiro atoms. The van der Waals surface area contributed by atoms with E-state index in [1.807, 2.05) is 32.9 Å². The Labute approximate surface area is 125 Å². The van der Waals surface area contributed by atoms with E-state index in [1.165, 1.54) is 7.11 Å². The first-order valence-corrected chi connectivity index (χ1v) is 6.88. The lowest BCUT2D eigenvalue weighted by Gasteiger charge is -2.34. The fraction of sp³-hybridized carbons (Fsp3) is 0.667. The van der Waals surface area contributed by atoms with Crippen molar-refractivity contribution in [2.75, 3.05) is 20.2 Å². The van der Waals surface area contributed by atoms with Crippen molar-refractivity contribution in [2.24, 2.45) is 5.92 Å². The van der Waals surface area contributed by atoms with Gasteiger partial charge < -0.3 is 14.4 Å². The number of ether oxygens (including phenoxy) is 2. The number of hydrogen-bond donors (Lipinski definition) is 0. The fourth-order valence-corrected chi connectivity index (χ4v) is 2.29. The van der Waals surface area contributed by atoms with Gasteiger partial charge in [0.25, 0.3) is 0 Å². The predicted octanol–water partition coefficient (Wildman–Crippen LogP) is 2.58. The van der Waals surface area contributed by atoms with Crippen LogP contribution in [0.2, 0.25) is 0 Å². The highest BCUT2D eigenvalue weighted by Crippen LogP contribution is 2.27. The van der Waals surface area contributed by atoms with Gasteiger partial charge in [-0.1, -0.05) is 0 Å². The lowest BCUT2D eigenvalue weighted by atomic mass is 9.94. The van der Waals surface area contributed by atoms with Gasteiger partial charge in [-0.05, 0) is 33.6 Å². The highest BCUT2D eigenvalue weighted by Gasteiger charge is 2.31. The summed E-state index contributed by atoms with van der Waals surface area (Å²) in [6.07, 6.45) is 1.18. The molecule has 114 valence electrons. The Bertz CT molecular complexity index is 490. The average Bonchev–Trinajstić information content (AvgIpc) is 2.43. The second-order valence-corrected chi connectivity index (χ2v) is 5.93. The molecule has 0 aromatic carbocycles. The lowest BCUT2D eigenvalue weighted by Crippen LogP contribution is -2.43. The van der Waals surface area contributed by atoms with Crippen molar-refractivity contribution in [1.29, 1.82) is 10.5 Å². The molecule has 0 unspecified atom stereocenters. The maximum atomic E-state index is 12.1. The molecule has 6 nitrogen and oxygen atoms in total. The Balaban J connectivity index is 2.86. The van der Waals surface area contributed by atoms with Crippen molar-refractivity contribution in [3.05, 3.63) is 11.3 Å². The van der Waals surface area contributed by atoms with Crippen LogP contribution < -0.4 is 0 Å². The molecule has 1 amide bonds. The molecule has 1 heterocycles. The Morgan fingerprint density at radius 1 is 1.29 bits per heavy atom. The van der Waals surface area contributed by atoms with Gasteiger partial charge >= 0.3 is 6.09 Å². The van der Waals surface area contributed by atoms with Crippen LogP contribution in [0, 0.1) is 28.6 Å². The van der Waals surface area contributed by atoms with Gasteiger partial charge in [0.15, 0.2) is 5.57 Å². The quantitative estimate of drug-likeness (QED) is 0.576. The molecule has 0 aromatic heterocycles. The van der Waals surface area contributed by atoms with Crippen molar-refractivity contribution in [3.63, 3.8) is 0 Å². The summed E-state index contributed by atoms with van der Waals surface area (Å²) in [5.41, 5.74) is -0.581. The molecular weight excluding hydrogens is 270 g/mol. The van der Waals surface area contributed by atoms with Crippen LogP contribution >= 0.6 is 0 Å². The van der Waals surface area contributed by atoms with Gasteiger partial charge in [0, 0.05) is 19.0 Å². The molecule has 0 N–H and O–H groups in total. The standard InChI is InChI=1S/C15H21N3O3/c1-15(2,3)21-14(19)18-7-5-6-11(10-18)13(20-4)12(8-16)9-17/h11H,5-7,10H2,1-4H3/t11-/m0/s1. The highest BCUT2D eigenvalue weighted by atomic mass is 16.6. The first kappa shape index (κ1) is 16.8. The van der Waals surface area contributed by atoms with Crippen molar-refractivity contribution < 1.29 is 14.3 Å². The Hall–Kier alpha value is -2.21. The van der Waals surface area contributed by atoms with Crippen LogP contribution in [0.1, 0.15) is 33.6 Å². The zero-order chi connectivity index (χ0) is 16.0. The lowest BCUT2D eigenvalue weighted by molar-refractivity contribution is 0.0158. The summed E-state index contributed by atoms with van der Waals surface area (Å²) in [4.78, 5) is 13.7. The Kier molecular flexibility index (Phi) is 5.60. The molecule has 1 rings (SSSR count). The molecule has 0 aromatic rings. The Morgan fingerprint density at radius 3 is 2.38 bits per heavy atom. The molecule has 1 fully saturated rings. The number of carbonyl (C=O) groups is 1. The summed E-state index contributed by atoms with van der Waals surface area (Å²) in [5.74, 6) is 0.207. The van der Waals surface area contributed by atoms with Gasteiger partial charge in [0.2, 0.25) is 0 Å². The van der Waals surface area contributed by atoms with Crippen molar-refractivity contribution >= 4 is 6.09 Å². The summed E-state index contributed by atoms with van der Waals surface area (Å²) >= 11 is 0. The number of allylic oxidation sites excluding steroid dienone is 1. The molecule has 0 aliphatic carbocycles. The molecule has 6 heteroatoms. The van der Waals surface area contributed by atoms with Crippen molar-refractivity contribution in [3.8, 4) is 12.1 Å². The predicted molar refractivity (Wildman–Crippen MR) is 75.8 cm³/mol. The second kappa shape index (κ2) is 6.99. The summed E-state index contributed by atoms with van der Waals surface area (Å²) in [7, 11) is 1.44. The molecule has 21 heavy (non-hydrogen) atoms. The molecule has 0 bridgehead atoms. The minimum absolute atomic E-state index is 0.0338. The molecule has 1 atom stereocenters. The third kappa shape index (κ3) is 4.68. The fourth-order valence-electron chi connectivity index (χ4n) is 2.29. The van der Waals surface area contributed by atoms with Crippen LogP contribution in [0.4, 0.5) is 4.79 Å². The van der Waals surface area contributed by atoms with E-state index in [0.29, 0.717) is 18.8 Å². The zero-order valence-electron chi connectivity index (χ0n) is 13.0. The minimum Gasteiger partial charge on any atom is -0.499 e. The monoisotopic (exact) mass is 291 g/mol. The minimum atomic E-state index is -0.547. The van der Waals surface area contributed by atoms with Gasteiger partial charge in [-0.15, -0.1) is 0 Å². The van der Waals surface area contributed by atoms with E-state index < -0.39 is 5.60 Å². The Morgan fingerprint density at radius 2 is 1.90 bits per heavy atom. The van der Waals surface area contributed by atoms with Gasteiger partial charge in [0.05, 0.1) is 7.11 Å². The molecule has 1 aliphatic heterocycles. The van der Waals surface area contributed by atoms with Gasteiger partial charge in [0.1, 0.15) is 23.5 Å². The number of methoxy groups -OCH3 is 1. The highest BCUT2D eigenvalue weighted by molar-refractivity contribution is 5.68. The summed E-state index contributed by atoms with van der Waals surface area (Å²) in [5, 5.41) is 17.9. The molecule has 0 radical (unpaired) electrons. The van der Waals surface area contributed by atoms with E-state index >= 15 is 0 Å². The first-order chi connectivity index (χ1) is 9.82. The zero-order valence-corrected chi connectivity index (χ0v) is 13.0. The smallest absolute Gasteiger partial charge is 0.410 e. The number of nitrogens with zero attached hydrogens (tertiary/aromatic N) is 3. The van der Waals surface area contributed by atoms with Gasteiger partial charge in [-0.25, -0.2) is 4.79 Å². The summed E-state index contributed by atoms with van der Waals surface area (Å²) in [6.45, 7) is 6.45. The SMILES string of the molecule is COC(=C(C#N)C#N)[C@H]1CCCN(C(=O)OC(C)(C)C)C1. The number of nitriles is 2. The first-order valence-electron chi connectivity index (χ1n) is 6.88. The van der Waals surface area contributed by atoms with E-state index in [4.69, 9.17) is 20.0 Å². The van der Waals surface area contributed by atoms with Crippen LogP contribution in [0.5, 0.6) is 0 Å². The van der Waals surface area contributed by atoms with E-state index in [2.05, 4.69) is 0 Å². The van der Waals surface area contributed by atoms with E-state index in [1.54, 1.807) is 4.90 Å². The number of likely N-dealkylation sites (tertiary alicyclic amines) is 1. The summed E-state index contributed by atoms with van der Waals surface area (Å²) in [6, 6.07) is 3.68. The topological polar surface area (TPSA) is 86.4 Å². The van der Waals surface area contributed by atoms with E-state index in [-0.39, 0.29) is 17.6 Å². The maximum absolute atomic E-state index is 12.1. The number of amides is 1. The third-order valence-corrected chi connectivity index (χ3v) is 3.13. The molecule has 1 saturated heterocycles. The van der Waals surface area contributed by atoms with E-state index in [0.717, 1.165) is 12.8 Å².